The number of anilines is 1. The molecule has 6 nitrogen and oxygen atoms in total. The molecule has 2 heterocycles. The van der Waals surface area contributed by atoms with E-state index in [1.807, 2.05) is 18.7 Å². The van der Waals surface area contributed by atoms with Crippen LogP contribution >= 0.6 is 11.3 Å². The van der Waals surface area contributed by atoms with Gasteiger partial charge in [-0.2, -0.15) is 0 Å². The summed E-state index contributed by atoms with van der Waals surface area (Å²) in [5.41, 5.74) is 5.87. The van der Waals surface area contributed by atoms with Gasteiger partial charge in [0.1, 0.15) is 5.69 Å². The van der Waals surface area contributed by atoms with Gasteiger partial charge in [-0.25, -0.2) is 4.98 Å². The lowest BCUT2D eigenvalue weighted by Gasteiger charge is -2.34. The summed E-state index contributed by atoms with van der Waals surface area (Å²) in [5, 5.41) is 4.96. The molecule has 0 aliphatic carbocycles. The van der Waals surface area contributed by atoms with Gasteiger partial charge in [-0.15, -0.1) is 11.3 Å². The monoisotopic (exact) mass is 296 g/mol. The molecule has 2 amide bonds. The molecule has 3 N–H and O–H groups in total. The number of hydrogen-bond acceptors (Lipinski definition) is 5. The molecule has 0 saturated carbocycles. The summed E-state index contributed by atoms with van der Waals surface area (Å²) in [6.07, 6.45) is 1.79. The van der Waals surface area contributed by atoms with Crippen molar-refractivity contribution in [3.63, 3.8) is 0 Å². The number of nitrogens with zero attached hydrogens (tertiary/aromatic N) is 2. The molecule has 0 bridgehead atoms. The van der Waals surface area contributed by atoms with Gasteiger partial charge in [0, 0.05) is 30.4 Å². The van der Waals surface area contributed by atoms with Crippen LogP contribution in [-0.2, 0) is 4.79 Å². The van der Waals surface area contributed by atoms with Crippen LogP contribution in [0.25, 0.3) is 0 Å². The maximum Gasteiger partial charge on any atom is 0.271 e. The first-order chi connectivity index (χ1) is 9.47. The normalized spacial score (nSPS) is 19.1. The Balaban J connectivity index is 1.93. The van der Waals surface area contributed by atoms with Crippen molar-refractivity contribution in [2.75, 3.05) is 18.8 Å². The molecule has 1 saturated heterocycles. The molecule has 1 unspecified atom stereocenters. The van der Waals surface area contributed by atoms with Crippen LogP contribution in [0.4, 0.5) is 5.13 Å². The zero-order valence-corrected chi connectivity index (χ0v) is 12.6. The molecule has 1 fully saturated rings. The number of nitrogens with one attached hydrogen (secondary N) is 1. The lowest BCUT2D eigenvalue weighted by molar-refractivity contribution is -0.135. The fourth-order valence-electron chi connectivity index (χ4n) is 2.31. The Labute approximate surface area is 122 Å². The van der Waals surface area contributed by atoms with Crippen LogP contribution in [0.15, 0.2) is 5.38 Å². The van der Waals surface area contributed by atoms with Gasteiger partial charge < -0.3 is 16.0 Å². The Morgan fingerprint density at radius 3 is 2.90 bits per heavy atom. The number of hydrogen-bond donors (Lipinski definition) is 2. The van der Waals surface area contributed by atoms with Gasteiger partial charge in [-0.1, -0.05) is 13.8 Å². The summed E-state index contributed by atoms with van der Waals surface area (Å²) in [4.78, 5) is 29.8. The number of thiazole rings is 1. The molecule has 0 aromatic carbocycles. The largest absolute Gasteiger partial charge is 0.375 e. The van der Waals surface area contributed by atoms with Crippen molar-refractivity contribution >= 4 is 28.3 Å². The SMILES string of the molecule is CC(C)C(=O)N1CCCC(NC(=O)c2csc(N)n2)C1. The molecule has 1 aliphatic heterocycles. The number of nitrogens with two attached hydrogens (primary N) is 1. The maximum absolute atomic E-state index is 12.0. The highest BCUT2D eigenvalue weighted by molar-refractivity contribution is 7.13. The highest BCUT2D eigenvalue weighted by Gasteiger charge is 2.26. The number of rotatable bonds is 3. The lowest BCUT2D eigenvalue weighted by Crippen LogP contribution is -2.50. The number of aromatic nitrogens is 1. The average Bonchev–Trinajstić information content (AvgIpc) is 2.85. The molecule has 0 radical (unpaired) electrons. The summed E-state index contributed by atoms with van der Waals surface area (Å²) < 4.78 is 0. The average molecular weight is 296 g/mol. The molecule has 0 spiro atoms. The van der Waals surface area contributed by atoms with Crippen LogP contribution in [0.2, 0.25) is 0 Å². The smallest absolute Gasteiger partial charge is 0.271 e. The van der Waals surface area contributed by atoms with E-state index < -0.39 is 0 Å². The minimum absolute atomic E-state index is 0.0113. The van der Waals surface area contributed by atoms with Gasteiger partial charge in [0.25, 0.3) is 5.91 Å². The maximum atomic E-state index is 12.0. The first-order valence-corrected chi connectivity index (χ1v) is 7.66. The van der Waals surface area contributed by atoms with E-state index >= 15 is 0 Å². The van der Waals surface area contributed by atoms with Gasteiger partial charge in [0.2, 0.25) is 5.91 Å². The zero-order chi connectivity index (χ0) is 14.7. The Morgan fingerprint density at radius 1 is 1.55 bits per heavy atom. The van der Waals surface area contributed by atoms with Gasteiger partial charge in [0.15, 0.2) is 5.13 Å². The van der Waals surface area contributed by atoms with Crippen LogP contribution in [0.3, 0.4) is 0 Å². The van der Waals surface area contributed by atoms with Crippen molar-refractivity contribution in [2.24, 2.45) is 5.92 Å². The van der Waals surface area contributed by atoms with Crippen molar-refractivity contribution in [1.29, 1.82) is 0 Å². The van der Waals surface area contributed by atoms with E-state index in [0.717, 1.165) is 19.4 Å². The van der Waals surface area contributed by atoms with E-state index in [2.05, 4.69) is 10.3 Å². The summed E-state index contributed by atoms with van der Waals surface area (Å²) in [6.45, 7) is 5.13. The Kier molecular flexibility index (Phi) is 4.59. The van der Waals surface area contributed by atoms with Gasteiger partial charge in [-0.05, 0) is 12.8 Å². The minimum atomic E-state index is -0.221. The number of piperidine rings is 1. The van der Waals surface area contributed by atoms with E-state index in [4.69, 9.17) is 5.73 Å². The number of carbonyl (C=O) groups is 2. The molecule has 1 aliphatic rings. The van der Waals surface area contributed by atoms with E-state index in [-0.39, 0.29) is 23.8 Å². The van der Waals surface area contributed by atoms with Crippen LogP contribution < -0.4 is 11.1 Å². The number of likely N-dealkylation sites (tertiary alicyclic amines) is 1. The molecule has 20 heavy (non-hydrogen) atoms. The fourth-order valence-corrected chi connectivity index (χ4v) is 2.85. The third-order valence-electron chi connectivity index (χ3n) is 3.32. The summed E-state index contributed by atoms with van der Waals surface area (Å²) in [5.74, 6) is -0.0913. The summed E-state index contributed by atoms with van der Waals surface area (Å²) >= 11 is 1.25. The molecule has 1 atom stereocenters. The van der Waals surface area contributed by atoms with Gasteiger partial charge in [0.05, 0.1) is 0 Å². The van der Waals surface area contributed by atoms with Crippen LogP contribution in [0, 0.1) is 5.92 Å². The minimum Gasteiger partial charge on any atom is -0.375 e. The van der Waals surface area contributed by atoms with Crippen LogP contribution in [-0.4, -0.2) is 40.8 Å². The van der Waals surface area contributed by atoms with E-state index in [1.165, 1.54) is 11.3 Å². The molecule has 7 heteroatoms. The molecular formula is C13H20N4O2S. The topological polar surface area (TPSA) is 88.3 Å². The molecular weight excluding hydrogens is 276 g/mol. The van der Waals surface area contributed by atoms with Crippen molar-refractivity contribution in [2.45, 2.75) is 32.7 Å². The van der Waals surface area contributed by atoms with E-state index in [9.17, 15) is 9.59 Å². The van der Waals surface area contributed by atoms with E-state index in [1.54, 1.807) is 5.38 Å². The lowest BCUT2D eigenvalue weighted by atomic mass is 10.0. The van der Waals surface area contributed by atoms with Crippen molar-refractivity contribution in [3.05, 3.63) is 11.1 Å². The predicted molar refractivity (Wildman–Crippen MR) is 78.4 cm³/mol. The molecule has 1 aromatic heterocycles. The van der Waals surface area contributed by atoms with Gasteiger partial charge >= 0.3 is 0 Å². The second-order valence-corrected chi connectivity index (χ2v) is 6.21. The Hall–Kier alpha value is -1.63. The first-order valence-electron chi connectivity index (χ1n) is 6.78. The second-order valence-electron chi connectivity index (χ2n) is 5.32. The standard InChI is InChI=1S/C13H20N4O2S/c1-8(2)12(19)17-5-3-4-9(6-17)15-11(18)10-7-20-13(14)16-10/h7-9H,3-6H2,1-2H3,(H2,14,16)(H,15,18). The van der Waals surface area contributed by atoms with Crippen LogP contribution in [0.1, 0.15) is 37.2 Å². The van der Waals surface area contributed by atoms with Crippen molar-refractivity contribution in [3.8, 4) is 0 Å². The highest BCUT2D eigenvalue weighted by atomic mass is 32.1. The summed E-state index contributed by atoms with van der Waals surface area (Å²) in [6, 6.07) is -0.0122. The third kappa shape index (κ3) is 3.47. The molecule has 2 rings (SSSR count). The number of carbonyl (C=O) groups excluding carboxylic acids is 2. The summed E-state index contributed by atoms with van der Waals surface area (Å²) in [7, 11) is 0. The van der Waals surface area contributed by atoms with Crippen LogP contribution in [0.5, 0.6) is 0 Å². The quantitative estimate of drug-likeness (QED) is 0.874. The molecule has 1 aromatic rings. The highest BCUT2D eigenvalue weighted by Crippen LogP contribution is 2.15. The van der Waals surface area contributed by atoms with Crippen molar-refractivity contribution < 1.29 is 9.59 Å². The molecule has 110 valence electrons. The third-order valence-corrected chi connectivity index (χ3v) is 3.99. The Bertz CT molecular complexity index is 500. The number of amides is 2. The van der Waals surface area contributed by atoms with Gasteiger partial charge in [-0.3, -0.25) is 9.59 Å². The second kappa shape index (κ2) is 6.21. The fraction of sp³-hybridized carbons (Fsp3) is 0.615. The zero-order valence-electron chi connectivity index (χ0n) is 11.8. The number of nitrogen functional groups attached to an aromatic ring is 1. The van der Waals surface area contributed by atoms with Crippen molar-refractivity contribution in [1.82, 2.24) is 15.2 Å². The predicted octanol–water partition coefficient (Wildman–Crippen LogP) is 1.10. The Morgan fingerprint density at radius 2 is 2.30 bits per heavy atom. The van der Waals surface area contributed by atoms with E-state index in [0.29, 0.717) is 17.4 Å². The first kappa shape index (κ1) is 14.8.